The summed E-state index contributed by atoms with van der Waals surface area (Å²) in [5.41, 5.74) is 0.395. The van der Waals surface area contributed by atoms with E-state index in [4.69, 9.17) is 0 Å². The Bertz CT molecular complexity index is 638. The van der Waals surface area contributed by atoms with Crippen molar-refractivity contribution < 1.29 is 22.7 Å². The Morgan fingerprint density at radius 2 is 1.64 bits per heavy atom. The number of carbonyl (C=O) groups is 1. The first-order chi connectivity index (χ1) is 13.0. The summed E-state index contributed by atoms with van der Waals surface area (Å²) in [5, 5.41) is 9.06. The van der Waals surface area contributed by atoms with E-state index in [-0.39, 0.29) is 11.7 Å². The minimum atomic E-state index is -4.36. The van der Waals surface area contributed by atoms with E-state index < -0.39 is 18.2 Å². The maximum atomic E-state index is 12.2. The summed E-state index contributed by atoms with van der Waals surface area (Å²) < 4.78 is 41.1. The fourth-order valence-corrected chi connectivity index (χ4v) is 1.99. The zero-order valence-electron chi connectivity index (χ0n) is 16.7. The van der Waals surface area contributed by atoms with Gasteiger partial charge in [-0.3, -0.25) is 4.79 Å². The molecule has 1 aromatic carbocycles. The van der Waals surface area contributed by atoms with Crippen molar-refractivity contribution in [2.24, 2.45) is 10.4 Å². The van der Waals surface area contributed by atoms with Crippen LogP contribution >= 0.6 is 0 Å². The molecule has 0 aliphatic rings. The SMILES string of the molecule is CCNC(=NCc1ccc(OCC(F)(F)F)cc1)NCCNC(=O)C(C)(C)C. The van der Waals surface area contributed by atoms with Gasteiger partial charge in [0.1, 0.15) is 5.75 Å². The number of amides is 1. The van der Waals surface area contributed by atoms with Crippen LogP contribution in [0.4, 0.5) is 13.2 Å². The van der Waals surface area contributed by atoms with Gasteiger partial charge in [-0.1, -0.05) is 32.9 Å². The molecule has 0 atom stereocenters. The lowest BCUT2D eigenvalue weighted by atomic mass is 9.96. The van der Waals surface area contributed by atoms with Gasteiger partial charge in [-0.15, -0.1) is 0 Å². The maximum Gasteiger partial charge on any atom is 0.422 e. The van der Waals surface area contributed by atoms with Crippen molar-refractivity contribution in [3.63, 3.8) is 0 Å². The van der Waals surface area contributed by atoms with Crippen molar-refractivity contribution in [2.75, 3.05) is 26.2 Å². The number of nitrogens with zero attached hydrogens (tertiary/aromatic N) is 1. The summed E-state index contributed by atoms with van der Waals surface area (Å²) in [5.74, 6) is 0.721. The van der Waals surface area contributed by atoms with Gasteiger partial charge < -0.3 is 20.7 Å². The van der Waals surface area contributed by atoms with Crippen molar-refractivity contribution in [2.45, 2.75) is 40.4 Å². The van der Waals surface area contributed by atoms with Crippen LogP contribution in [0.15, 0.2) is 29.3 Å². The van der Waals surface area contributed by atoms with Gasteiger partial charge in [-0.05, 0) is 24.6 Å². The summed E-state index contributed by atoms with van der Waals surface area (Å²) >= 11 is 0. The molecule has 0 aliphatic heterocycles. The van der Waals surface area contributed by atoms with Gasteiger partial charge in [0.2, 0.25) is 5.91 Å². The predicted octanol–water partition coefficient (Wildman–Crippen LogP) is 2.85. The third kappa shape index (κ3) is 10.0. The third-order valence-electron chi connectivity index (χ3n) is 3.47. The lowest BCUT2D eigenvalue weighted by Crippen LogP contribution is -2.43. The van der Waals surface area contributed by atoms with E-state index in [1.807, 2.05) is 27.7 Å². The minimum Gasteiger partial charge on any atom is -0.484 e. The first-order valence-corrected chi connectivity index (χ1v) is 9.10. The van der Waals surface area contributed by atoms with E-state index in [9.17, 15) is 18.0 Å². The molecule has 0 aromatic heterocycles. The Kier molecular flexibility index (Phi) is 9.08. The van der Waals surface area contributed by atoms with Gasteiger partial charge in [0.05, 0.1) is 6.54 Å². The van der Waals surface area contributed by atoms with Crippen molar-refractivity contribution in [3.8, 4) is 5.75 Å². The molecule has 0 heterocycles. The van der Waals surface area contributed by atoms with Crippen molar-refractivity contribution in [3.05, 3.63) is 29.8 Å². The Labute approximate surface area is 163 Å². The van der Waals surface area contributed by atoms with E-state index in [0.29, 0.717) is 32.1 Å². The molecule has 0 spiro atoms. The van der Waals surface area contributed by atoms with Crippen molar-refractivity contribution >= 4 is 11.9 Å². The number of carbonyl (C=O) groups excluding carboxylic acids is 1. The molecule has 0 fully saturated rings. The quantitative estimate of drug-likeness (QED) is 0.355. The highest BCUT2D eigenvalue weighted by molar-refractivity contribution is 5.81. The molecule has 0 bridgehead atoms. The van der Waals surface area contributed by atoms with E-state index >= 15 is 0 Å². The van der Waals surface area contributed by atoms with Crippen LogP contribution in [0, 0.1) is 5.41 Å². The second-order valence-corrected chi connectivity index (χ2v) is 7.18. The van der Waals surface area contributed by atoms with Crippen LogP contribution in [0.5, 0.6) is 5.75 Å². The highest BCUT2D eigenvalue weighted by Gasteiger charge is 2.28. The molecule has 3 N–H and O–H groups in total. The normalized spacial score (nSPS) is 12.5. The number of benzene rings is 1. The number of rotatable bonds is 8. The summed E-state index contributed by atoms with van der Waals surface area (Å²) in [6, 6.07) is 6.31. The minimum absolute atomic E-state index is 0.0240. The molecule has 1 aromatic rings. The molecule has 0 aliphatic carbocycles. The number of nitrogens with one attached hydrogen (secondary N) is 3. The van der Waals surface area contributed by atoms with Crippen LogP contribution in [-0.4, -0.2) is 44.3 Å². The second kappa shape index (κ2) is 10.8. The molecule has 0 unspecified atom stereocenters. The first-order valence-electron chi connectivity index (χ1n) is 9.10. The van der Waals surface area contributed by atoms with Gasteiger partial charge in [-0.25, -0.2) is 4.99 Å². The zero-order chi connectivity index (χ0) is 21.2. The lowest BCUT2D eigenvalue weighted by Gasteiger charge is -2.18. The van der Waals surface area contributed by atoms with Crippen LogP contribution in [0.1, 0.15) is 33.3 Å². The topological polar surface area (TPSA) is 74.8 Å². The van der Waals surface area contributed by atoms with E-state index in [1.54, 1.807) is 12.1 Å². The van der Waals surface area contributed by atoms with E-state index in [0.717, 1.165) is 5.56 Å². The number of aliphatic imine (C=N–C) groups is 1. The molecule has 6 nitrogen and oxygen atoms in total. The Hall–Kier alpha value is -2.45. The van der Waals surface area contributed by atoms with Gasteiger partial charge in [0.25, 0.3) is 0 Å². The number of alkyl halides is 3. The molecular weight excluding hydrogens is 373 g/mol. The van der Waals surface area contributed by atoms with Gasteiger partial charge in [0, 0.05) is 25.0 Å². The molecule has 1 amide bonds. The summed E-state index contributed by atoms with van der Waals surface area (Å²) in [6.45, 7) is 8.16. The molecule has 0 saturated carbocycles. The second-order valence-electron chi connectivity index (χ2n) is 7.18. The molecule has 158 valence electrons. The van der Waals surface area contributed by atoms with Crippen LogP contribution in [-0.2, 0) is 11.3 Å². The van der Waals surface area contributed by atoms with Gasteiger partial charge in [-0.2, -0.15) is 13.2 Å². The number of hydrogen-bond donors (Lipinski definition) is 3. The fourth-order valence-electron chi connectivity index (χ4n) is 1.99. The maximum absolute atomic E-state index is 12.2. The number of hydrogen-bond acceptors (Lipinski definition) is 3. The Morgan fingerprint density at radius 3 is 2.18 bits per heavy atom. The molecule has 0 radical (unpaired) electrons. The Morgan fingerprint density at radius 1 is 1.04 bits per heavy atom. The third-order valence-corrected chi connectivity index (χ3v) is 3.47. The molecular formula is C19H29F3N4O2. The fraction of sp³-hybridized carbons (Fsp3) is 0.579. The van der Waals surface area contributed by atoms with E-state index in [1.165, 1.54) is 12.1 Å². The molecule has 1 rings (SSSR count). The largest absolute Gasteiger partial charge is 0.484 e. The first kappa shape index (κ1) is 23.6. The standard InChI is InChI=1S/C19H29F3N4O2/c1-5-23-17(25-11-10-24-16(27)18(2,3)4)26-12-14-6-8-15(9-7-14)28-13-19(20,21)22/h6-9H,5,10-13H2,1-4H3,(H,24,27)(H2,23,25,26). The zero-order valence-corrected chi connectivity index (χ0v) is 16.7. The number of guanidine groups is 1. The van der Waals surface area contributed by atoms with Crippen LogP contribution in [0.2, 0.25) is 0 Å². The molecule has 9 heteroatoms. The average Bonchev–Trinajstić information content (AvgIpc) is 2.60. The van der Waals surface area contributed by atoms with Crippen molar-refractivity contribution in [1.82, 2.24) is 16.0 Å². The predicted molar refractivity (Wildman–Crippen MR) is 103 cm³/mol. The molecule has 28 heavy (non-hydrogen) atoms. The number of halogens is 3. The average molecular weight is 402 g/mol. The summed E-state index contributed by atoms with van der Waals surface area (Å²) in [4.78, 5) is 16.2. The van der Waals surface area contributed by atoms with Crippen LogP contribution in [0.3, 0.4) is 0 Å². The van der Waals surface area contributed by atoms with Gasteiger partial charge in [0.15, 0.2) is 12.6 Å². The van der Waals surface area contributed by atoms with Crippen LogP contribution in [0.25, 0.3) is 0 Å². The monoisotopic (exact) mass is 402 g/mol. The lowest BCUT2D eigenvalue weighted by molar-refractivity contribution is -0.153. The summed E-state index contributed by atoms with van der Waals surface area (Å²) in [7, 11) is 0. The Balaban J connectivity index is 2.49. The highest BCUT2D eigenvalue weighted by atomic mass is 19.4. The number of ether oxygens (including phenoxy) is 1. The smallest absolute Gasteiger partial charge is 0.422 e. The van der Waals surface area contributed by atoms with Crippen molar-refractivity contribution in [1.29, 1.82) is 0 Å². The summed E-state index contributed by atoms with van der Waals surface area (Å²) in [6.07, 6.45) is -4.36. The highest BCUT2D eigenvalue weighted by Crippen LogP contribution is 2.19. The van der Waals surface area contributed by atoms with Crippen LogP contribution < -0.4 is 20.7 Å². The van der Waals surface area contributed by atoms with Gasteiger partial charge >= 0.3 is 6.18 Å². The van der Waals surface area contributed by atoms with E-state index in [2.05, 4.69) is 25.7 Å². The molecule has 0 saturated heterocycles.